The fourth-order valence-electron chi connectivity index (χ4n) is 1.27. The number of hydrogen-bond donors (Lipinski definition) is 3. The van der Waals surface area contributed by atoms with Crippen molar-refractivity contribution in [1.29, 1.82) is 0 Å². The summed E-state index contributed by atoms with van der Waals surface area (Å²) < 4.78 is 5.04. The van der Waals surface area contributed by atoms with Crippen molar-refractivity contribution in [3.05, 3.63) is 0 Å². The quantitative estimate of drug-likeness (QED) is 0.606. The topological polar surface area (TPSA) is 96.5 Å². The van der Waals surface area contributed by atoms with Gasteiger partial charge in [0.15, 0.2) is 0 Å². The van der Waals surface area contributed by atoms with Crippen LogP contribution in [0.2, 0.25) is 0 Å². The standard InChI is InChI=1S/C14H27N3O4/c1-10(2)12(19)16-9-8-15-11(18)6-7-17-13(20)21-14(3,4)5/h10H,6-9H2,1-5H3,(H,15,18)(H,16,19)(H,17,20). The highest BCUT2D eigenvalue weighted by Crippen LogP contribution is 2.06. The van der Waals surface area contributed by atoms with Gasteiger partial charge in [0.05, 0.1) is 0 Å². The molecule has 0 bridgehead atoms. The normalized spacial score (nSPS) is 11.0. The largest absolute Gasteiger partial charge is 0.444 e. The molecule has 0 aromatic heterocycles. The van der Waals surface area contributed by atoms with Crippen molar-refractivity contribution in [2.75, 3.05) is 19.6 Å². The van der Waals surface area contributed by atoms with Crippen molar-refractivity contribution in [2.24, 2.45) is 5.92 Å². The third kappa shape index (κ3) is 11.7. The van der Waals surface area contributed by atoms with Crippen molar-refractivity contribution in [3.8, 4) is 0 Å². The first-order valence-corrected chi connectivity index (χ1v) is 7.13. The third-order valence-corrected chi connectivity index (χ3v) is 2.29. The van der Waals surface area contributed by atoms with Crippen LogP contribution in [0, 0.1) is 5.92 Å². The van der Waals surface area contributed by atoms with Crippen LogP contribution >= 0.6 is 0 Å². The molecule has 3 amide bonds. The lowest BCUT2D eigenvalue weighted by Crippen LogP contribution is -2.38. The molecule has 0 saturated carbocycles. The smallest absolute Gasteiger partial charge is 0.407 e. The number of carbonyl (C=O) groups excluding carboxylic acids is 3. The maximum absolute atomic E-state index is 11.5. The zero-order valence-corrected chi connectivity index (χ0v) is 13.5. The number of hydrogen-bond acceptors (Lipinski definition) is 4. The molecule has 122 valence electrons. The van der Waals surface area contributed by atoms with Crippen LogP contribution in [0.1, 0.15) is 41.0 Å². The summed E-state index contributed by atoms with van der Waals surface area (Å²) >= 11 is 0. The van der Waals surface area contributed by atoms with Crippen LogP contribution in [0.3, 0.4) is 0 Å². The maximum atomic E-state index is 11.5. The van der Waals surface area contributed by atoms with Crippen LogP contribution in [-0.2, 0) is 14.3 Å². The van der Waals surface area contributed by atoms with E-state index in [0.29, 0.717) is 13.1 Å². The molecule has 0 unspecified atom stereocenters. The van der Waals surface area contributed by atoms with Crippen LogP contribution in [0.4, 0.5) is 4.79 Å². The number of nitrogens with one attached hydrogen (secondary N) is 3. The van der Waals surface area contributed by atoms with Crippen LogP contribution < -0.4 is 16.0 Å². The minimum absolute atomic E-state index is 0.0455. The molecule has 0 aromatic carbocycles. The van der Waals surface area contributed by atoms with Gasteiger partial charge in [-0.25, -0.2) is 4.79 Å². The monoisotopic (exact) mass is 301 g/mol. The Bertz CT molecular complexity index is 362. The highest BCUT2D eigenvalue weighted by atomic mass is 16.6. The molecule has 0 fully saturated rings. The Morgan fingerprint density at radius 2 is 1.52 bits per heavy atom. The molecule has 0 aliphatic carbocycles. The van der Waals surface area contributed by atoms with Gasteiger partial charge in [-0.1, -0.05) is 13.8 Å². The fourth-order valence-corrected chi connectivity index (χ4v) is 1.27. The lowest BCUT2D eigenvalue weighted by Gasteiger charge is -2.19. The Labute approximate surface area is 126 Å². The second-order valence-electron chi connectivity index (χ2n) is 5.97. The summed E-state index contributed by atoms with van der Waals surface area (Å²) in [5, 5.41) is 7.85. The SMILES string of the molecule is CC(C)C(=O)NCCNC(=O)CCNC(=O)OC(C)(C)C. The van der Waals surface area contributed by atoms with Crippen molar-refractivity contribution < 1.29 is 19.1 Å². The third-order valence-electron chi connectivity index (χ3n) is 2.29. The minimum atomic E-state index is -0.555. The van der Waals surface area contributed by atoms with Gasteiger partial charge >= 0.3 is 6.09 Å². The first-order valence-electron chi connectivity index (χ1n) is 7.13. The van der Waals surface area contributed by atoms with Gasteiger partial charge < -0.3 is 20.7 Å². The lowest BCUT2D eigenvalue weighted by atomic mass is 10.2. The van der Waals surface area contributed by atoms with Crippen molar-refractivity contribution in [3.63, 3.8) is 0 Å². The van der Waals surface area contributed by atoms with Gasteiger partial charge in [0, 0.05) is 32.0 Å². The first kappa shape index (κ1) is 19.2. The van der Waals surface area contributed by atoms with E-state index < -0.39 is 11.7 Å². The van der Waals surface area contributed by atoms with E-state index in [1.165, 1.54) is 0 Å². The average molecular weight is 301 g/mol. The van der Waals surface area contributed by atoms with Gasteiger partial charge in [0.1, 0.15) is 5.60 Å². The Morgan fingerprint density at radius 1 is 0.952 bits per heavy atom. The Balaban J connectivity index is 3.64. The van der Waals surface area contributed by atoms with Gasteiger partial charge in [-0.05, 0) is 20.8 Å². The van der Waals surface area contributed by atoms with Crippen LogP contribution in [0.5, 0.6) is 0 Å². The summed E-state index contributed by atoms with van der Waals surface area (Å²) in [6, 6.07) is 0. The zero-order valence-electron chi connectivity index (χ0n) is 13.5. The van der Waals surface area contributed by atoms with E-state index >= 15 is 0 Å². The molecule has 3 N–H and O–H groups in total. The number of ether oxygens (including phenoxy) is 1. The molecule has 0 radical (unpaired) electrons. The number of rotatable bonds is 7. The van der Waals surface area contributed by atoms with Gasteiger partial charge in [0.25, 0.3) is 0 Å². The van der Waals surface area contributed by atoms with Crippen molar-refractivity contribution in [1.82, 2.24) is 16.0 Å². The van der Waals surface area contributed by atoms with Crippen LogP contribution in [0.25, 0.3) is 0 Å². The average Bonchev–Trinajstić information content (AvgIpc) is 2.31. The van der Waals surface area contributed by atoms with Crippen molar-refractivity contribution >= 4 is 17.9 Å². The second kappa shape index (κ2) is 9.20. The molecule has 0 aliphatic heterocycles. The van der Waals surface area contributed by atoms with E-state index in [9.17, 15) is 14.4 Å². The maximum Gasteiger partial charge on any atom is 0.407 e. The molecular formula is C14H27N3O4. The molecule has 0 spiro atoms. The summed E-state index contributed by atoms with van der Waals surface area (Å²) in [5.74, 6) is -0.306. The molecule has 0 heterocycles. The fraction of sp³-hybridized carbons (Fsp3) is 0.786. The van der Waals surface area contributed by atoms with Crippen LogP contribution in [0.15, 0.2) is 0 Å². The summed E-state index contributed by atoms with van der Waals surface area (Å²) in [4.78, 5) is 34.1. The minimum Gasteiger partial charge on any atom is -0.444 e. The van der Waals surface area contributed by atoms with E-state index in [2.05, 4.69) is 16.0 Å². The first-order chi connectivity index (χ1) is 9.61. The molecule has 0 rings (SSSR count). The van der Waals surface area contributed by atoms with Gasteiger partial charge in [-0.3, -0.25) is 9.59 Å². The predicted molar refractivity (Wildman–Crippen MR) is 79.7 cm³/mol. The molecule has 0 aromatic rings. The van der Waals surface area contributed by atoms with Crippen molar-refractivity contribution in [2.45, 2.75) is 46.6 Å². The number of alkyl carbamates (subject to hydrolysis) is 1. The molecule has 21 heavy (non-hydrogen) atoms. The zero-order chi connectivity index (χ0) is 16.5. The summed E-state index contributed by atoms with van der Waals surface area (Å²) in [6.07, 6.45) is -0.378. The molecule has 0 atom stereocenters. The van der Waals surface area contributed by atoms with E-state index in [0.717, 1.165) is 0 Å². The van der Waals surface area contributed by atoms with Gasteiger partial charge in [-0.2, -0.15) is 0 Å². The molecule has 7 heteroatoms. The Kier molecular flexibility index (Phi) is 8.42. The lowest BCUT2D eigenvalue weighted by molar-refractivity contribution is -0.124. The van der Waals surface area contributed by atoms with Gasteiger partial charge in [-0.15, -0.1) is 0 Å². The highest BCUT2D eigenvalue weighted by Gasteiger charge is 2.15. The van der Waals surface area contributed by atoms with E-state index in [1.807, 2.05) is 0 Å². The predicted octanol–water partition coefficient (Wildman–Crippen LogP) is 0.790. The second-order valence-corrected chi connectivity index (χ2v) is 5.97. The van der Waals surface area contributed by atoms with E-state index in [-0.39, 0.29) is 30.7 Å². The Morgan fingerprint density at radius 3 is 2.05 bits per heavy atom. The highest BCUT2D eigenvalue weighted by molar-refractivity contribution is 5.78. The van der Waals surface area contributed by atoms with E-state index in [4.69, 9.17) is 4.74 Å². The van der Waals surface area contributed by atoms with Gasteiger partial charge in [0.2, 0.25) is 11.8 Å². The summed E-state index contributed by atoms with van der Waals surface area (Å²) in [5.41, 5.74) is -0.555. The number of amides is 3. The molecule has 0 aliphatic rings. The van der Waals surface area contributed by atoms with Crippen LogP contribution in [-0.4, -0.2) is 43.1 Å². The van der Waals surface area contributed by atoms with E-state index in [1.54, 1.807) is 34.6 Å². The number of carbonyl (C=O) groups is 3. The molecular weight excluding hydrogens is 274 g/mol. The summed E-state index contributed by atoms with van der Waals surface area (Å²) in [7, 11) is 0. The summed E-state index contributed by atoms with van der Waals surface area (Å²) in [6.45, 7) is 9.87. The molecule has 0 saturated heterocycles. The molecule has 7 nitrogen and oxygen atoms in total. The Hall–Kier alpha value is -1.79.